The first-order valence-corrected chi connectivity index (χ1v) is 17.3. The van der Waals surface area contributed by atoms with E-state index in [1.54, 1.807) is 39.0 Å². The molecule has 6 nitrogen and oxygen atoms in total. The molecule has 0 unspecified atom stereocenters. The quantitative estimate of drug-likeness (QED) is 0.0578. The van der Waals surface area contributed by atoms with E-state index in [0.717, 1.165) is 30.4 Å². The molecule has 0 aromatic heterocycles. The summed E-state index contributed by atoms with van der Waals surface area (Å²) in [6.07, 6.45) is 27.3. The van der Waals surface area contributed by atoms with Crippen LogP contribution < -0.4 is 0 Å². The minimum absolute atomic E-state index is 0.0948. The van der Waals surface area contributed by atoms with E-state index in [2.05, 4.69) is 13.5 Å². The second-order valence-electron chi connectivity index (χ2n) is 13.6. The first-order valence-electron chi connectivity index (χ1n) is 17.3. The van der Waals surface area contributed by atoms with Crippen LogP contribution in [0.25, 0.3) is 0 Å². The highest BCUT2D eigenvalue weighted by Crippen LogP contribution is 2.36. The maximum Gasteiger partial charge on any atom is 0.306 e. The molecule has 3 atom stereocenters. The Hall–Kier alpha value is -2.18. The minimum Gasteiger partial charge on any atom is -0.465 e. The van der Waals surface area contributed by atoms with E-state index in [1.165, 1.54) is 71.1 Å². The number of esters is 2. The van der Waals surface area contributed by atoms with E-state index >= 15 is 0 Å². The van der Waals surface area contributed by atoms with Gasteiger partial charge in [-0.2, -0.15) is 0 Å². The van der Waals surface area contributed by atoms with Crippen LogP contribution in [-0.2, 0) is 19.1 Å². The van der Waals surface area contributed by atoms with Crippen molar-refractivity contribution in [3.63, 3.8) is 0 Å². The van der Waals surface area contributed by atoms with Crippen LogP contribution in [-0.4, -0.2) is 46.6 Å². The van der Waals surface area contributed by atoms with Gasteiger partial charge in [0, 0.05) is 19.3 Å². The monoisotopic (exact) mass is 616 g/mol. The highest BCUT2D eigenvalue weighted by atomic mass is 16.5. The number of rotatable bonds is 21. The third-order valence-corrected chi connectivity index (χ3v) is 8.47. The van der Waals surface area contributed by atoms with Crippen LogP contribution in [0.3, 0.4) is 0 Å². The molecule has 0 amide bonds. The smallest absolute Gasteiger partial charge is 0.306 e. The lowest BCUT2D eigenvalue weighted by Crippen LogP contribution is -2.29. The summed E-state index contributed by atoms with van der Waals surface area (Å²) in [5, 5.41) is 21.1. The molecule has 2 N–H and O–H groups in total. The molecule has 0 bridgehead atoms. The molecule has 6 heteroatoms. The van der Waals surface area contributed by atoms with Crippen molar-refractivity contribution in [2.45, 2.75) is 155 Å². The molecule has 1 aliphatic carbocycles. The summed E-state index contributed by atoms with van der Waals surface area (Å²) < 4.78 is 11.2. The average Bonchev–Trinajstić information content (AvgIpc) is 2.99. The zero-order chi connectivity index (χ0) is 32.8. The fourth-order valence-electron chi connectivity index (χ4n) is 5.73. The van der Waals surface area contributed by atoms with Gasteiger partial charge in [0.15, 0.2) is 0 Å². The van der Waals surface area contributed by atoms with Crippen molar-refractivity contribution in [3.8, 4) is 0 Å². The van der Waals surface area contributed by atoms with E-state index in [0.29, 0.717) is 25.7 Å². The van der Waals surface area contributed by atoms with E-state index < -0.39 is 11.2 Å². The van der Waals surface area contributed by atoms with Crippen LogP contribution in [0.5, 0.6) is 0 Å². The Bertz CT molecular complexity index is 920. The van der Waals surface area contributed by atoms with Crippen LogP contribution in [0.1, 0.15) is 144 Å². The van der Waals surface area contributed by atoms with E-state index in [9.17, 15) is 19.8 Å². The van der Waals surface area contributed by atoms with E-state index in [1.807, 2.05) is 12.2 Å². The largest absolute Gasteiger partial charge is 0.465 e. The molecule has 44 heavy (non-hydrogen) atoms. The highest BCUT2D eigenvalue weighted by Gasteiger charge is 2.32. The van der Waals surface area contributed by atoms with Crippen molar-refractivity contribution in [1.29, 1.82) is 0 Å². The Labute approximate surface area is 269 Å². The zero-order valence-corrected chi connectivity index (χ0v) is 28.7. The molecule has 0 heterocycles. The number of hydrogen-bond acceptors (Lipinski definition) is 6. The number of carbonyl (C=O) groups is 2. The Morgan fingerprint density at radius 1 is 1.00 bits per heavy atom. The number of unbranched alkanes of at least 4 members (excludes halogenated alkanes) is 12. The molecule has 1 rings (SSSR count). The highest BCUT2D eigenvalue weighted by molar-refractivity contribution is 5.69. The predicted octanol–water partition coefficient (Wildman–Crippen LogP) is 9.11. The zero-order valence-electron chi connectivity index (χ0n) is 28.7. The Balaban J connectivity index is 2.73. The average molecular weight is 617 g/mol. The molecule has 252 valence electrons. The fourth-order valence-corrected chi connectivity index (χ4v) is 5.73. The molecule has 0 aromatic rings. The molecule has 0 radical (unpaired) electrons. The maximum absolute atomic E-state index is 12.8. The van der Waals surface area contributed by atoms with Gasteiger partial charge < -0.3 is 19.7 Å². The lowest BCUT2D eigenvalue weighted by molar-refractivity contribution is -0.143. The fraction of sp³-hybridized carbons (Fsp3) is 0.737. The van der Waals surface area contributed by atoms with Gasteiger partial charge in [-0.3, -0.25) is 9.59 Å². The third-order valence-electron chi connectivity index (χ3n) is 8.47. The van der Waals surface area contributed by atoms with Crippen molar-refractivity contribution in [1.82, 2.24) is 0 Å². The molecular weight excluding hydrogens is 552 g/mol. The van der Waals surface area contributed by atoms with Crippen molar-refractivity contribution >= 4 is 11.9 Å². The molecule has 0 saturated heterocycles. The first-order chi connectivity index (χ1) is 20.8. The summed E-state index contributed by atoms with van der Waals surface area (Å²) in [6, 6.07) is 0. The normalized spacial score (nSPS) is 22.3. The van der Waals surface area contributed by atoms with Gasteiger partial charge in [0.1, 0.15) is 6.61 Å². The van der Waals surface area contributed by atoms with Gasteiger partial charge in [0.25, 0.3) is 0 Å². The van der Waals surface area contributed by atoms with Crippen LogP contribution in [0, 0.1) is 11.8 Å². The first kappa shape index (κ1) is 39.8. The molecular formula is C38H64O6. The van der Waals surface area contributed by atoms with Crippen molar-refractivity contribution < 1.29 is 29.3 Å². The molecule has 0 aromatic carbocycles. The topological polar surface area (TPSA) is 93.1 Å². The summed E-state index contributed by atoms with van der Waals surface area (Å²) in [4.78, 5) is 24.5. The van der Waals surface area contributed by atoms with Crippen LogP contribution in [0.2, 0.25) is 0 Å². The summed E-state index contributed by atoms with van der Waals surface area (Å²) in [5.74, 6) is -0.976. The number of hydrogen-bond donors (Lipinski definition) is 2. The summed E-state index contributed by atoms with van der Waals surface area (Å²) in [6.45, 7) is 13.4. The summed E-state index contributed by atoms with van der Waals surface area (Å²) >= 11 is 0. The van der Waals surface area contributed by atoms with Gasteiger partial charge >= 0.3 is 11.9 Å². The van der Waals surface area contributed by atoms with Gasteiger partial charge in [-0.05, 0) is 57.9 Å². The Kier molecular flexibility index (Phi) is 20.2. The molecule has 0 aliphatic heterocycles. The standard InChI is InChI=1S/C38H64O6/c1-7-8-9-10-11-12-13-14-15-16-17-18-19-24-36(40)44-29-33(23-21-26-37(4,5)41)34-25-28-38(6,42)27-20-22-31(2)35(34)30-43-32(3)39/h20-21,23,26-27,34-35,41-42H,2,7-19,22,24-25,28-30H2,1,3-6H3/b26-21+,27-20-,33-23+/t34-,35+,38-/m1/s1. The van der Waals surface area contributed by atoms with Crippen molar-refractivity contribution in [3.05, 3.63) is 48.1 Å². The van der Waals surface area contributed by atoms with Crippen LogP contribution in [0.4, 0.5) is 0 Å². The number of aliphatic hydroxyl groups is 2. The van der Waals surface area contributed by atoms with E-state index in [4.69, 9.17) is 9.47 Å². The second-order valence-corrected chi connectivity index (χ2v) is 13.6. The van der Waals surface area contributed by atoms with Crippen molar-refractivity contribution in [2.24, 2.45) is 11.8 Å². The van der Waals surface area contributed by atoms with Crippen molar-refractivity contribution in [2.75, 3.05) is 13.2 Å². The summed E-state index contributed by atoms with van der Waals surface area (Å²) in [5.41, 5.74) is -0.256. The predicted molar refractivity (Wildman–Crippen MR) is 181 cm³/mol. The lowest BCUT2D eigenvalue weighted by atomic mass is 9.77. The van der Waals surface area contributed by atoms with Gasteiger partial charge in [0.05, 0.1) is 17.8 Å². The maximum atomic E-state index is 12.8. The number of allylic oxidation sites excluding steroid dienone is 3. The Morgan fingerprint density at radius 3 is 2.11 bits per heavy atom. The minimum atomic E-state index is -1.00. The molecule has 0 fully saturated rings. The Morgan fingerprint density at radius 2 is 1.57 bits per heavy atom. The second kappa shape index (κ2) is 22.3. The SMILES string of the molecule is C=C1C/C=C\[C@@](C)(O)CC[C@H](/C(=C/C=C/C(C)(C)O)COC(=O)CCCCCCCCCCCCCCC)[C@H]1COC(C)=O. The van der Waals surface area contributed by atoms with Gasteiger partial charge in [-0.25, -0.2) is 0 Å². The molecule has 0 saturated carbocycles. The van der Waals surface area contributed by atoms with Gasteiger partial charge in [-0.1, -0.05) is 127 Å². The van der Waals surface area contributed by atoms with Crippen LogP contribution >= 0.6 is 0 Å². The summed E-state index contributed by atoms with van der Waals surface area (Å²) in [7, 11) is 0. The van der Waals surface area contributed by atoms with Gasteiger partial charge in [-0.15, -0.1) is 0 Å². The number of carbonyl (C=O) groups excluding carboxylic acids is 2. The lowest BCUT2D eigenvalue weighted by Gasteiger charge is -2.31. The third kappa shape index (κ3) is 20.0. The molecule has 0 spiro atoms. The van der Waals surface area contributed by atoms with E-state index in [-0.39, 0.29) is 37.0 Å². The van der Waals surface area contributed by atoms with Crippen LogP contribution in [0.15, 0.2) is 48.1 Å². The van der Waals surface area contributed by atoms with Gasteiger partial charge in [0.2, 0.25) is 0 Å². The molecule has 1 aliphatic rings. The number of ether oxygens (including phenoxy) is 2.